The lowest BCUT2D eigenvalue weighted by molar-refractivity contribution is 0.0921. The van der Waals surface area contributed by atoms with Crippen LogP contribution in [-0.2, 0) is 0 Å². The molecule has 2 rings (SSSR count). The van der Waals surface area contributed by atoms with Gasteiger partial charge in [0, 0.05) is 38.3 Å². The highest BCUT2D eigenvalue weighted by Crippen LogP contribution is 2.23. The zero-order valence-electron chi connectivity index (χ0n) is 9.99. The van der Waals surface area contributed by atoms with Gasteiger partial charge in [0.1, 0.15) is 0 Å². The van der Waals surface area contributed by atoms with Crippen molar-refractivity contribution < 1.29 is 0 Å². The average Bonchev–Trinajstić information content (AvgIpc) is 2.66. The Morgan fingerprint density at radius 2 is 1.87 bits per heavy atom. The van der Waals surface area contributed by atoms with Crippen molar-refractivity contribution in [2.75, 3.05) is 32.7 Å². The smallest absolute Gasteiger partial charge is 0.0248 e. The average molecular weight is 211 g/mol. The molecule has 2 fully saturated rings. The van der Waals surface area contributed by atoms with E-state index in [0.717, 1.165) is 0 Å². The molecule has 0 spiro atoms. The van der Waals surface area contributed by atoms with Gasteiger partial charge in [-0.2, -0.15) is 0 Å². The van der Waals surface area contributed by atoms with Crippen molar-refractivity contribution in [3.05, 3.63) is 0 Å². The summed E-state index contributed by atoms with van der Waals surface area (Å²) in [5, 5.41) is 0. The van der Waals surface area contributed by atoms with E-state index in [0.29, 0.717) is 12.1 Å². The zero-order chi connectivity index (χ0) is 10.7. The van der Waals surface area contributed by atoms with E-state index in [1.165, 1.54) is 58.4 Å². The van der Waals surface area contributed by atoms with Gasteiger partial charge in [-0.05, 0) is 25.8 Å². The quantitative estimate of drug-likeness (QED) is 0.752. The lowest BCUT2D eigenvalue weighted by atomic mass is 10.1. The fourth-order valence-electron chi connectivity index (χ4n) is 3.06. The molecule has 0 bridgehead atoms. The van der Waals surface area contributed by atoms with Gasteiger partial charge in [-0.3, -0.25) is 4.90 Å². The second-order valence-electron chi connectivity index (χ2n) is 5.04. The van der Waals surface area contributed by atoms with Crippen molar-refractivity contribution in [3.8, 4) is 0 Å². The maximum absolute atomic E-state index is 6.15. The first-order valence-corrected chi connectivity index (χ1v) is 6.53. The van der Waals surface area contributed by atoms with E-state index in [4.69, 9.17) is 5.73 Å². The topological polar surface area (TPSA) is 32.5 Å². The van der Waals surface area contributed by atoms with Crippen LogP contribution in [-0.4, -0.2) is 54.6 Å². The van der Waals surface area contributed by atoms with Gasteiger partial charge in [-0.25, -0.2) is 0 Å². The zero-order valence-corrected chi connectivity index (χ0v) is 9.99. The normalized spacial score (nSPS) is 34.8. The van der Waals surface area contributed by atoms with Crippen molar-refractivity contribution in [1.29, 1.82) is 0 Å². The minimum absolute atomic E-state index is 0.447. The Bertz CT molecular complexity index is 187. The summed E-state index contributed by atoms with van der Waals surface area (Å²) in [7, 11) is 0. The fourth-order valence-corrected chi connectivity index (χ4v) is 3.06. The first kappa shape index (κ1) is 11.4. The number of rotatable bonds is 3. The van der Waals surface area contributed by atoms with Crippen LogP contribution in [0.1, 0.15) is 32.6 Å². The molecule has 3 heteroatoms. The number of nitrogens with two attached hydrogens (primary N) is 1. The Hall–Kier alpha value is -0.120. The second kappa shape index (κ2) is 5.28. The Morgan fingerprint density at radius 1 is 1.13 bits per heavy atom. The standard InChI is InChI=1S/C12H25N3/c1-2-6-14-7-9-15(10-8-14)12-5-3-4-11(12)13/h11-12H,2-10,13H2,1H3. The summed E-state index contributed by atoms with van der Waals surface area (Å²) >= 11 is 0. The summed E-state index contributed by atoms with van der Waals surface area (Å²) in [6.07, 6.45) is 5.18. The van der Waals surface area contributed by atoms with E-state index in [1.54, 1.807) is 0 Å². The van der Waals surface area contributed by atoms with Gasteiger partial charge in [0.2, 0.25) is 0 Å². The number of piperazine rings is 1. The summed E-state index contributed by atoms with van der Waals surface area (Å²) in [5.41, 5.74) is 6.15. The van der Waals surface area contributed by atoms with Gasteiger partial charge >= 0.3 is 0 Å². The third-order valence-electron chi connectivity index (χ3n) is 3.95. The Kier molecular flexibility index (Phi) is 4.00. The van der Waals surface area contributed by atoms with Crippen LogP contribution in [0.3, 0.4) is 0 Å². The predicted molar refractivity (Wildman–Crippen MR) is 63.9 cm³/mol. The van der Waals surface area contributed by atoms with Gasteiger partial charge in [-0.1, -0.05) is 13.3 Å². The molecule has 2 aliphatic rings. The number of nitrogens with zero attached hydrogens (tertiary/aromatic N) is 2. The molecule has 2 atom stereocenters. The summed E-state index contributed by atoms with van der Waals surface area (Å²) in [4.78, 5) is 5.21. The van der Waals surface area contributed by atoms with Crippen molar-refractivity contribution in [1.82, 2.24) is 9.80 Å². The third-order valence-corrected chi connectivity index (χ3v) is 3.95. The van der Waals surface area contributed by atoms with E-state index in [1.807, 2.05) is 0 Å². The Labute approximate surface area is 93.6 Å². The monoisotopic (exact) mass is 211 g/mol. The largest absolute Gasteiger partial charge is 0.326 e. The van der Waals surface area contributed by atoms with Crippen LogP contribution in [0.4, 0.5) is 0 Å². The number of hydrogen-bond acceptors (Lipinski definition) is 3. The molecule has 0 aromatic heterocycles. The van der Waals surface area contributed by atoms with Crippen LogP contribution in [0, 0.1) is 0 Å². The first-order chi connectivity index (χ1) is 7.31. The van der Waals surface area contributed by atoms with Gasteiger partial charge in [0.05, 0.1) is 0 Å². The molecule has 0 amide bonds. The van der Waals surface area contributed by atoms with E-state index in [9.17, 15) is 0 Å². The summed E-state index contributed by atoms with van der Waals surface area (Å²) in [6, 6.07) is 1.14. The van der Waals surface area contributed by atoms with Gasteiger partial charge in [0.15, 0.2) is 0 Å². The molecule has 15 heavy (non-hydrogen) atoms. The highest BCUT2D eigenvalue weighted by atomic mass is 15.3. The lowest BCUT2D eigenvalue weighted by Crippen LogP contribution is -2.53. The highest BCUT2D eigenvalue weighted by Gasteiger charge is 2.31. The maximum atomic E-state index is 6.15. The van der Waals surface area contributed by atoms with E-state index in [-0.39, 0.29) is 0 Å². The van der Waals surface area contributed by atoms with Crippen molar-refractivity contribution in [3.63, 3.8) is 0 Å². The molecular weight excluding hydrogens is 186 g/mol. The van der Waals surface area contributed by atoms with Crippen molar-refractivity contribution in [2.45, 2.75) is 44.7 Å². The van der Waals surface area contributed by atoms with Crippen LogP contribution < -0.4 is 5.73 Å². The second-order valence-corrected chi connectivity index (χ2v) is 5.04. The van der Waals surface area contributed by atoms with Gasteiger partial charge < -0.3 is 10.6 Å². The molecule has 88 valence electrons. The van der Waals surface area contributed by atoms with Gasteiger partial charge in [0.25, 0.3) is 0 Å². The molecule has 1 heterocycles. The molecule has 2 unspecified atom stereocenters. The molecule has 0 aromatic rings. The predicted octanol–water partition coefficient (Wildman–Crippen LogP) is 0.894. The van der Waals surface area contributed by atoms with Crippen LogP contribution in [0.25, 0.3) is 0 Å². The van der Waals surface area contributed by atoms with E-state index in [2.05, 4.69) is 16.7 Å². The van der Waals surface area contributed by atoms with E-state index >= 15 is 0 Å². The van der Waals surface area contributed by atoms with Gasteiger partial charge in [-0.15, -0.1) is 0 Å². The molecule has 1 aliphatic carbocycles. The van der Waals surface area contributed by atoms with Crippen molar-refractivity contribution in [2.24, 2.45) is 5.73 Å². The van der Waals surface area contributed by atoms with E-state index < -0.39 is 0 Å². The minimum Gasteiger partial charge on any atom is -0.326 e. The molecule has 1 aliphatic heterocycles. The molecular formula is C12H25N3. The Morgan fingerprint density at radius 3 is 2.40 bits per heavy atom. The number of hydrogen-bond donors (Lipinski definition) is 1. The molecule has 0 aromatic carbocycles. The van der Waals surface area contributed by atoms with Crippen LogP contribution in [0.2, 0.25) is 0 Å². The summed E-state index contributed by atoms with van der Waals surface area (Å²) < 4.78 is 0. The third kappa shape index (κ3) is 2.71. The van der Waals surface area contributed by atoms with Crippen LogP contribution in [0.5, 0.6) is 0 Å². The SMILES string of the molecule is CCCN1CCN(C2CCCC2N)CC1. The molecule has 2 N–H and O–H groups in total. The minimum atomic E-state index is 0.447. The first-order valence-electron chi connectivity index (χ1n) is 6.53. The maximum Gasteiger partial charge on any atom is 0.0248 e. The molecule has 3 nitrogen and oxygen atoms in total. The molecule has 0 radical (unpaired) electrons. The highest BCUT2D eigenvalue weighted by molar-refractivity contribution is 4.90. The van der Waals surface area contributed by atoms with Crippen LogP contribution in [0.15, 0.2) is 0 Å². The van der Waals surface area contributed by atoms with Crippen LogP contribution >= 0.6 is 0 Å². The molecule has 1 saturated heterocycles. The fraction of sp³-hybridized carbons (Fsp3) is 1.00. The Balaban J connectivity index is 1.77. The molecule has 1 saturated carbocycles. The summed E-state index contributed by atoms with van der Waals surface area (Å²) in [5.74, 6) is 0. The summed E-state index contributed by atoms with van der Waals surface area (Å²) in [6.45, 7) is 8.49. The lowest BCUT2D eigenvalue weighted by Gasteiger charge is -2.39. The van der Waals surface area contributed by atoms with Crippen molar-refractivity contribution >= 4 is 0 Å².